The summed E-state index contributed by atoms with van der Waals surface area (Å²) in [5.74, 6) is 3.99. The zero-order chi connectivity index (χ0) is 13.7. The summed E-state index contributed by atoms with van der Waals surface area (Å²) in [7, 11) is 1.64. The molecular formula is C15H25N3O. The summed E-state index contributed by atoms with van der Waals surface area (Å²) in [4.78, 5) is 8.59. The highest BCUT2D eigenvalue weighted by Crippen LogP contribution is 2.30. The Morgan fingerprint density at radius 1 is 1.21 bits per heavy atom. The quantitative estimate of drug-likeness (QED) is 0.884. The number of rotatable bonds is 5. The maximum Gasteiger partial charge on any atom is 0.218 e. The fourth-order valence-corrected chi connectivity index (χ4v) is 2.83. The lowest BCUT2D eigenvalue weighted by atomic mass is 9.81. The molecule has 1 aliphatic carbocycles. The summed E-state index contributed by atoms with van der Waals surface area (Å²) in [6.07, 6.45) is 6.78. The van der Waals surface area contributed by atoms with Crippen LogP contribution in [0.25, 0.3) is 0 Å². The summed E-state index contributed by atoms with van der Waals surface area (Å²) in [6.45, 7) is 5.20. The third-order valence-electron chi connectivity index (χ3n) is 4.14. The first kappa shape index (κ1) is 14.1. The second kappa shape index (κ2) is 6.73. The number of anilines is 1. The summed E-state index contributed by atoms with van der Waals surface area (Å²) >= 11 is 0. The van der Waals surface area contributed by atoms with Gasteiger partial charge in [-0.05, 0) is 31.6 Å². The molecular weight excluding hydrogens is 238 g/mol. The van der Waals surface area contributed by atoms with Crippen molar-refractivity contribution in [1.29, 1.82) is 0 Å². The SMILES string of the molecule is CCC1CCC(CNc2cc(OC)nc(C)n2)CC1. The van der Waals surface area contributed by atoms with E-state index in [1.165, 1.54) is 32.1 Å². The van der Waals surface area contributed by atoms with Gasteiger partial charge in [0.2, 0.25) is 5.88 Å². The number of aryl methyl sites for hydroxylation is 1. The summed E-state index contributed by atoms with van der Waals surface area (Å²) in [5.41, 5.74) is 0. The first-order valence-corrected chi connectivity index (χ1v) is 7.34. The Hall–Kier alpha value is -1.32. The van der Waals surface area contributed by atoms with E-state index in [0.29, 0.717) is 5.88 Å². The van der Waals surface area contributed by atoms with Crippen molar-refractivity contribution in [3.63, 3.8) is 0 Å². The van der Waals surface area contributed by atoms with E-state index in [-0.39, 0.29) is 0 Å². The van der Waals surface area contributed by atoms with Crippen LogP contribution in [-0.4, -0.2) is 23.6 Å². The fourth-order valence-electron chi connectivity index (χ4n) is 2.83. The molecule has 4 nitrogen and oxygen atoms in total. The number of hydrogen-bond donors (Lipinski definition) is 1. The maximum atomic E-state index is 5.16. The molecule has 0 aromatic carbocycles. The lowest BCUT2D eigenvalue weighted by Gasteiger charge is -2.28. The molecule has 19 heavy (non-hydrogen) atoms. The van der Waals surface area contributed by atoms with E-state index >= 15 is 0 Å². The molecule has 0 bridgehead atoms. The minimum absolute atomic E-state index is 0.629. The van der Waals surface area contributed by atoms with E-state index < -0.39 is 0 Å². The number of nitrogens with zero attached hydrogens (tertiary/aromatic N) is 2. The van der Waals surface area contributed by atoms with Crippen molar-refractivity contribution in [2.24, 2.45) is 11.8 Å². The summed E-state index contributed by atoms with van der Waals surface area (Å²) in [6, 6.07) is 1.87. The van der Waals surface area contributed by atoms with Gasteiger partial charge in [0, 0.05) is 12.6 Å². The van der Waals surface area contributed by atoms with Crippen LogP contribution < -0.4 is 10.1 Å². The molecule has 2 rings (SSSR count). The van der Waals surface area contributed by atoms with Gasteiger partial charge < -0.3 is 10.1 Å². The lowest BCUT2D eigenvalue weighted by molar-refractivity contribution is 0.278. The average molecular weight is 263 g/mol. The third kappa shape index (κ3) is 4.08. The summed E-state index contributed by atoms with van der Waals surface area (Å²) in [5, 5.41) is 3.43. The number of aromatic nitrogens is 2. The van der Waals surface area contributed by atoms with Crippen LogP contribution in [0.3, 0.4) is 0 Å². The van der Waals surface area contributed by atoms with E-state index in [9.17, 15) is 0 Å². The average Bonchev–Trinajstić information content (AvgIpc) is 2.45. The van der Waals surface area contributed by atoms with Crippen molar-refractivity contribution in [3.8, 4) is 5.88 Å². The van der Waals surface area contributed by atoms with Crippen LogP contribution in [0.1, 0.15) is 44.9 Å². The van der Waals surface area contributed by atoms with E-state index in [2.05, 4.69) is 22.2 Å². The molecule has 0 atom stereocenters. The third-order valence-corrected chi connectivity index (χ3v) is 4.14. The van der Waals surface area contributed by atoms with Crippen molar-refractivity contribution in [3.05, 3.63) is 11.9 Å². The first-order chi connectivity index (χ1) is 9.21. The molecule has 1 fully saturated rings. The zero-order valence-corrected chi connectivity index (χ0v) is 12.3. The van der Waals surface area contributed by atoms with Crippen molar-refractivity contribution in [1.82, 2.24) is 9.97 Å². The predicted molar refractivity (Wildman–Crippen MR) is 77.5 cm³/mol. The molecule has 0 amide bonds. The van der Waals surface area contributed by atoms with Crippen LogP contribution >= 0.6 is 0 Å². The second-order valence-electron chi connectivity index (χ2n) is 5.52. The predicted octanol–water partition coefficient (Wildman–Crippen LogP) is 3.42. The molecule has 1 aromatic rings. The number of methoxy groups -OCH3 is 1. The first-order valence-electron chi connectivity index (χ1n) is 7.34. The smallest absolute Gasteiger partial charge is 0.218 e. The minimum Gasteiger partial charge on any atom is -0.481 e. The Labute approximate surface area is 116 Å². The van der Waals surface area contributed by atoms with Gasteiger partial charge in [-0.2, -0.15) is 4.98 Å². The van der Waals surface area contributed by atoms with Crippen LogP contribution in [-0.2, 0) is 0 Å². The highest BCUT2D eigenvalue weighted by molar-refractivity contribution is 5.38. The fraction of sp³-hybridized carbons (Fsp3) is 0.733. The van der Waals surface area contributed by atoms with Crippen LogP contribution in [0.15, 0.2) is 6.07 Å². The molecule has 0 spiro atoms. The van der Waals surface area contributed by atoms with Gasteiger partial charge in [-0.3, -0.25) is 0 Å². The Morgan fingerprint density at radius 3 is 2.53 bits per heavy atom. The van der Waals surface area contributed by atoms with E-state index in [1.54, 1.807) is 7.11 Å². The van der Waals surface area contributed by atoms with E-state index in [1.807, 2.05) is 13.0 Å². The molecule has 4 heteroatoms. The molecule has 1 heterocycles. The Bertz CT molecular complexity index is 400. The minimum atomic E-state index is 0.629. The van der Waals surface area contributed by atoms with Crippen LogP contribution in [0.5, 0.6) is 5.88 Å². The van der Waals surface area contributed by atoms with Gasteiger partial charge in [0.25, 0.3) is 0 Å². The van der Waals surface area contributed by atoms with Gasteiger partial charge in [-0.15, -0.1) is 0 Å². The van der Waals surface area contributed by atoms with E-state index in [0.717, 1.165) is 30.0 Å². The molecule has 1 aromatic heterocycles. The van der Waals surface area contributed by atoms with Crippen molar-refractivity contribution in [2.75, 3.05) is 19.0 Å². The van der Waals surface area contributed by atoms with Gasteiger partial charge in [-0.25, -0.2) is 4.98 Å². The molecule has 0 radical (unpaired) electrons. The monoisotopic (exact) mass is 263 g/mol. The topological polar surface area (TPSA) is 47.0 Å². The van der Waals surface area contributed by atoms with Gasteiger partial charge in [-0.1, -0.05) is 26.2 Å². The van der Waals surface area contributed by atoms with Gasteiger partial charge in [0.15, 0.2) is 0 Å². The second-order valence-corrected chi connectivity index (χ2v) is 5.52. The van der Waals surface area contributed by atoms with Crippen LogP contribution in [0.2, 0.25) is 0 Å². The zero-order valence-electron chi connectivity index (χ0n) is 12.3. The Kier molecular flexibility index (Phi) is 5.00. The largest absolute Gasteiger partial charge is 0.481 e. The highest BCUT2D eigenvalue weighted by atomic mass is 16.5. The highest BCUT2D eigenvalue weighted by Gasteiger charge is 2.19. The molecule has 1 aliphatic rings. The Balaban J connectivity index is 1.84. The number of hydrogen-bond acceptors (Lipinski definition) is 4. The number of nitrogens with one attached hydrogen (secondary N) is 1. The van der Waals surface area contributed by atoms with Gasteiger partial charge in [0.05, 0.1) is 7.11 Å². The number of ether oxygens (including phenoxy) is 1. The molecule has 0 saturated heterocycles. The molecule has 0 unspecified atom stereocenters. The standard InChI is InChI=1S/C15H25N3O/c1-4-12-5-7-13(8-6-12)10-16-14-9-15(19-3)18-11(2)17-14/h9,12-13H,4-8,10H2,1-3H3,(H,16,17,18). The maximum absolute atomic E-state index is 5.16. The van der Waals surface area contributed by atoms with Gasteiger partial charge >= 0.3 is 0 Å². The van der Waals surface area contributed by atoms with Crippen LogP contribution in [0.4, 0.5) is 5.82 Å². The lowest BCUT2D eigenvalue weighted by Crippen LogP contribution is -2.21. The normalized spacial score (nSPS) is 23.1. The molecule has 0 aliphatic heterocycles. The summed E-state index contributed by atoms with van der Waals surface area (Å²) < 4.78 is 5.16. The van der Waals surface area contributed by atoms with Crippen molar-refractivity contribution in [2.45, 2.75) is 46.0 Å². The van der Waals surface area contributed by atoms with Crippen molar-refractivity contribution < 1.29 is 4.74 Å². The Morgan fingerprint density at radius 2 is 1.89 bits per heavy atom. The van der Waals surface area contributed by atoms with Gasteiger partial charge in [0.1, 0.15) is 11.6 Å². The van der Waals surface area contributed by atoms with Crippen molar-refractivity contribution >= 4 is 5.82 Å². The van der Waals surface area contributed by atoms with Crippen LogP contribution in [0, 0.1) is 18.8 Å². The molecule has 1 saturated carbocycles. The van der Waals surface area contributed by atoms with E-state index in [4.69, 9.17) is 4.74 Å². The molecule has 106 valence electrons. The molecule has 1 N–H and O–H groups in total.